The molecule has 3 nitrogen and oxygen atoms in total. The zero-order valence-corrected chi connectivity index (χ0v) is 10.6. The Bertz CT molecular complexity index is 421. The number of nitrogens with two attached hydrogens (primary N) is 1. The normalized spacial score (nSPS) is 10.8. The van der Waals surface area contributed by atoms with Crippen LogP contribution in [-0.4, -0.2) is 29.9 Å². The highest BCUT2D eigenvalue weighted by molar-refractivity contribution is 5.94. The third-order valence-corrected chi connectivity index (χ3v) is 2.65. The third-order valence-electron chi connectivity index (χ3n) is 2.65. The Labute approximate surface area is 106 Å². The molecular weight excluding hydrogens is 238 g/mol. The Morgan fingerprint density at radius 1 is 1.39 bits per heavy atom. The first-order chi connectivity index (χ1) is 8.47. The average molecular weight is 256 g/mol. The minimum absolute atomic E-state index is 0.0616. The highest BCUT2D eigenvalue weighted by Crippen LogP contribution is 2.14. The number of carbonyl (C=O) groups is 1. The van der Waals surface area contributed by atoms with Crippen LogP contribution in [0.25, 0.3) is 0 Å². The minimum Gasteiger partial charge on any atom is -0.336 e. The Balaban J connectivity index is 2.94. The molecule has 0 bridgehead atoms. The average Bonchev–Trinajstić information content (AvgIpc) is 2.28. The van der Waals surface area contributed by atoms with Gasteiger partial charge in [0.15, 0.2) is 0 Å². The lowest BCUT2D eigenvalue weighted by Gasteiger charge is -2.26. The molecule has 0 saturated heterocycles. The van der Waals surface area contributed by atoms with E-state index in [0.717, 1.165) is 6.07 Å². The first-order valence-electron chi connectivity index (χ1n) is 5.93. The number of hydrogen-bond acceptors (Lipinski definition) is 2. The molecule has 1 aromatic carbocycles. The molecule has 18 heavy (non-hydrogen) atoms. The van der Waals surface area contributed by atoms with Crippen molar-refractivity contribution in [3.8, 4) is 0 Å². The van der Waals surface area contributed by atoms with Gasteiger partial charge in [0, 0.05) is 18.7 Å². The summed E-state index contributed by atoms with van der Waals surface area (Å²) in [5.41, 5.74) is 5.29. The number of amides is 1. The van der Waals surface area contributed by atoms with Crippen molar-refractivity contribution in [2.45, 2.75) is 26.3 Å². The quantitative estimate of drug-likeness (QED) is 0.877. The van der Waals surface area contributed by atoms with Gasteiger partial charge >= 0.3 is 0 Å². The number of rotatable bonds is 5. The maximum atomic E-state index is 13.5. The summed E-state index contributed by atoms with van der Waals surface area (Å²) in [7, 11) is 0. The van der Waals surface area contributed by atoms with Crippen molar-refractivity contribution < 1.29 is 13.6 Å². The molecule has 0 aromatic heterocycles. The Kier molecular flexibility index (Phi) is 5.22. The topological polar surface area (TPSA) is 46.3 Å². The fraction of sp³-hybridized carbons (Fsp3) is 0.462. The highest BCUT2D eigenvalue weighted by atomic mass is 19.1. The lowest BCUT2D eigenvalue weighted by atomic mass is 10.1. The number of halogens is 2. The number of hydrogen-bond donors (Lipinski definition) is 1. The van der Waals surface area contributed by atoms with Gasteiger partial charge in [0.25, 0.3) is 5.91 Å². The second kappa shape index (κ2) is 6.44. The van der Waals surface area contributed by atoms with Gasteiger partial charge in [-0.25, -0.2) is 8.78 Å². The van der Waals surface area contributed by atoms with E-state index < -0.39 is 17.5 Å². The molecule has 1 rings (SSSR count). The fourth-order valence-corrected chi connectivity index (χ4v) is 1.67. The molecule has 0 unspecified atom stereocenters. The van der Waals surface area contributed by atoms with Gasteiger partial charge in [-0.1, -0.05) is 0 Å². The molecule has 0 aliphatic carbocycles. The van der Waals surface area contributed by atoms with Gasteiger partial charge in [-0.3, -0.25) is 4.79 Å². The van der Waals surface area contributed by atoms with Crippen molar-refractivity contribution >= 4 is 5.91 Å². The van der Waals surface area contributed by atoms with E-state index in [-0.39, 0.29) is 11.6 Å². The molecule has 1 amide bonds. The van der Waals surface area contributed by atoms with Gasteiger partial charge in [0.1, 0.15) is 11.6 Å². The van der Waals surface area contributed by atoms with Crippen LogP contribution in [0.15, 0.2) is 18.2 Å². The first-order valence-corrected chi connectivity index (χ1v) is 5.93. The van der Waals surface area contributed by atoms with Crippen LogP contribution in [0.1, 0.15) is 30.6 Å². The molecule has 0 spiro atoms. The predicted molar refractivity (Wildman–Crippen MR) is 66.2 cm³/mol. The monoisotopic (exact) mass is 256 g/mol. The molecule has 0 atom stereocenters. The zero-order chi connectivity index (χ0) is 13.7. The number of nitrogens with zero attached hydrogens (tertiary/aromatic N) is 1. The van der Waals surface area contributed by atoms with Crippen LogP contribution in [0.2, 0.25) is 0 Å². The van der Waals surface area contributed by atoms with E-state index in [4.69, 9.17) is 5.73 Å². The summed E-state index contributed by atoms with van der Waals surface area (Å²) < 4.78 is 26.3. The van der Waals surface area contributed by atoms with Crippen molar-refractivity contribution in [3.05, 3.63) is 35.4 Å². The molecule has 0 saturated carbocycles. The van der Waals surface area contributed by atoms with Crippen molar-refractivity contribution in [2.24, 2.45) is 5.73 Å². The van der Waals surface area contributed by atoms with E-state index in [2.05, 4.69) is 0 Å². The SMILES string of the molecule is CC(C)N(CCCN)C(=O)c1ccc(F)cc1F. The van der Waals surface area contributed by atoms with E-state index in [1.54, 1.807) is 0 Å². The summed E-state index contributed by atoms with van der Waals surface area (Å²) in [5, 5.41) is 0. The smallest absolute Gasteiger partial charge is 0.257 e. The van der Waals surface area contributed by atoms with Gasteiger partial charge in [-0.2, -0.15) is 0 Å². The molecule has 0 aliphatic rings. The number of benzene rings is 1. The van der Waals surface area contributed by atoms with E-state index in [1.807, 2.05) is 13.8 Å². The predicted octanol–water partition coefficient (Wildman–Crippen LogP) is 2.16. The van der Waals surface area contributed by atoms with Crippen LogP contribution in [0.3, 0.4) is 0 Å². The largest absolute Gasteiger partial charge is 0.336 e. The summed E-state index contributed by atoms with van der Waals surface area (Å²) in [4.78, 5) is 13.7. The summed E-state index contributed by atoms with van der Waals surface area (Å²) >= 11 is 0. The van der Waals surface area contributed by atoms with Crippen LogP contribution >= 0.6 is 0 Å². The highest BCUT2D eigenvalue weighted by Gasteiger charge is 2.21. The molecular formula is C13H18F2N2O. The van der Waals surface area contributed by atoms with Gasteiger partial charge in [0.2, 0.25) is 0 Å². The van der Waals surface area contributed by atoms with Crippen LogP contribution in [0, 0.1) is 11.6 Å². The molecule has 2 N–H and O–H groups in total. The third kappa shape index (κ3) is 3.50. The van der Waals surface area contributed by atoms with Crippen LogP contribution < -0.4 is 5.73 Å². The summed E-state index contributed by atoms with van der Waals surface area (Å²) in [6.45, 7) is 4.61. The lowest BCUT2D eigenvalue weighted by molar-refractivity contribution is 0.0700. The van der Waals surface area contributed by atoms with E-state index in [0.29, 0.717) is 25.6 Å². The van der Waals surface area contributed by atoms with Gasteiger partial charge in [-0.05, 0) is 38.9 Å². The van der Waals surface area contributed by atoms with Gasteiger partial charge < -0.3 is 10.6 Å². The van der Waals surface area contributed by atoms with Crippen molar-refractivity contribution in [3.63, 3.8) is 0 Å². The minimum atomic E-state index is -0.835. The maximum Gasteiger partial charge on any atom is 0.257 e. The maximum absolute atomic E-state index is 13.5. The van der Waals surface area contributed by atoms with Crippen molar-refractivity contribution in [1.29, 1.82) is 0 Å². The second-order valence-corrected chi connectivity index (χ2v) is 4.36. The molecule has 0 radical (unpaired) electrons. The van der Waals surface area contributed by atoms with Gasteiger partial charge in [-0.15, -0.1) is 0 Å². The van der Waals surface area contributed by atoms with Crippen molar-refractivity contribution in [2.75, 3.05) is 13.1 Å². The van der Waals surface area contributed by atoms with Gasteiger partial charge in [0.05, 0.1) is 5.56 Å². The second-order valence-electron chi connectivity index (χ2n) is 4.36. The number of carbonyl (C=O) groups excluding carboxylic acids is 1. The van der Waals surface area contributed by atoms with E-state index in [1.165, 1.54) is 11.0 Å². The summed E-state index contributed by atoms with van der Waals surface area (Å²) in [5.74, 6) is -1.96. The molecule has 0 aliphatic heterocycles. The van der Waals surface area contributed by atoms with Crippen molar-refractivity contribution in [1.82, 2.24) is 4.90 Å². The summed E-state index contributed by atoms with van der Waals surface area (Å²) in [6, 6.07) is 2.91. The first kappa shape index (κ1) is 14.6. The van der Waals surface area contributed by atoms with Crippen LogP contribution in [-0.2, 0) is 0 Å². The Hall–Kier alpha value is -1.49. The Morgan fingerprint density at radius 2 is 2.06 bits per heavy atom. The standard InChI is InChI=1S/C13H18F2N2O/c1-9(2)17(7-3-6-16)13(18)11-5-4-10(14)8-12(11)15/h4-5,8-9H,3,6-7,16H2,1-2H3. The molecule has 0 heterocycles. The Morgan fingerprint density at radius 3 is 2.56 bits per heavy atom. The molecule has 0 fully saturated rings. The van der Waals surface area contributed by atoms with E-state index >= 15 is 0 Å². The van der Waals surface area contributed by atoms with Crippen LogP contribution in [0.4, 0.5) is 8.78 Å². The van der Waals surface area contributed by atoms with E-state index in [9.17, 15) is 13.6 Å². The fourth-order valence-electron chi connectivity index (χ4n) is 1.67. The van der Waals surface area contributed by atoms with Crippen LogP contribution in [0.5, 0.6) is 0 Å². The zero-order valence-electron chi connectivity index (χ0n) is 10.6. The molecule has 5 heteroatoms. The summed E-state index contributed by atoms with van der Waals surface area (Å²) in [6.07, 6.45) is 0.646. The molecule has 1 aromatic rings. The lowest BCUT2D eigenvalue weighted by Crippen LogP contribution is -2.38. The molecule has 100 valence electrons.